The van der Waals surface area contributed by atoms with Crippen molar-refractivity contribution in [1.29, 1.82) is 0 Å². The molecule has 0 bridgehead atoms. The summed E-state index contributed by atoms with van der Waals surface area (Å²) in [5, 5.41) is 19.7. The van der Waals surface area contributed by atoms with E-state index in [0.717, 1.165) is 12.8 Å². The molecule has 1 aliphatic carbocycles. The second kappa shape index (κ2) is 6.23. The summed E-state index contributed by atoms with van der Waals surface area (Å²) >= 11 is 0. The fraction of sp³-hybridized carbons (Fsp3) is 0.462. The van der Waals surface area contributed by atoms with Crippen molar-refractivity contribution in [1.82, 2.24) is 5.32 Å². The summed E-state index contributed by atoms with van der Waals surface area (Å²) in [5.74, 6) is -0.0935. The van der Waals surface area contributed by atoms with E-state index in [-0.39, 0.29) is 18.1 Å². The lowest BCUT2D eigenvalue weighted by Crippen LogP contribution is -2.31. The summed E-state index contributed by atoms with van der Waals surface area (Å²) < 4.78 is 0. The average molecular weight is 278 g/mol. The summed E-state index contributed by atoms with van der Waals surface area (Å²) in [6.45, 7) is 2.70. The smallest absolute Gasteiger partial charge is 0.273 e. The molecule has 1 aromatic carbocycles. The Kier molecular flexibility index (Phi) is 4.39. The van der Waals surface area contributed by atoms with Gasteiger partial charge in [0.25, 0.3) is 5.69 Å². The third-order valence-electron chi connectivity index (χ3n) is 2.91. The molecule has 2 rings (SSSR count). The van der Waals surface area contributed by atoms with E-state index in [4.69, 9.17) is 0 Å². The molecule has 0 unspecified atom stereocenters. The average Bonchev–Trinajstić information content (AvgIpc) is 3.20. The fourth-order valence-electron chi connectivity index (χ4n) is 1.81. The summed E-state index contributed by atoms with van der Waals surface area (Å²) in [5.41, 5.74) is 1.21. The van der Waals surface area contributed by atoms with E-state index in [0.29, 0.717) is 24.0 Å². The second-order valence-electron chi connectivity index (χ2n) is 4.75. The van der Waals surface area contributed by atoms with Gasteiger partial charge in [0, 0.05) is 36.1 Å². The molecule has 0 heterocycles. The highest BCUT2D eigenvalue weighted by atomic mass is 16.6. The first-order chi connectivity index (χ1) is 9.58. The van der Waals surface area contributed by atoms with Crippen molar-refractivity contribution < 1.29 is 9.72 Å². The van der Waals surface area contributed by atoms with E-state index in [9.17, 15) is 14.9 Å². The van der Waals surface area contributed by atoms with Gasteiger partial charge in [0.1, 0.15) is 0 Å². The normalized spacial score (nSPS) is 13.7. The Morgan fingerprint density at radius 2 is 1.95 bits per heavy atom. The monoisotopic (exact) mass is 278 g/mol. The van der Waals surface area contributed by atoms with Crippen molar-refractivity contribution in [2.24, 2.45) is 0 Å². The standard InChI is InChI=1S/C13H18N4O3/c1-2-14-10-5-11(7-12(6-10)17(19)20)15-8-13(18)16-9-3-4-9/h5-7,9,14-15H,2-4,8H2,1H3,(H,16,18). The molecular formula is C13H18N4O3. The van der Waals surface area contributed by atoms with Crippen LogP contribution in [0.3, 0.4) is 0 Å². The largest absolute Gasteiger partial charge is 0.385 e. The summed E-state index contributed by atoms with van der Waals surface area (Å²) in [6, 6.07) is 4.96. The molecule has 0 aromatic heterocycles. The number of nitrogens with one attached hydrogen (secondary N) is 3. The molecule has 0 spiro atoms. The SMILES string of the molecule is CCNc1cc(NCC(=O)NC2CC2)cc([N+](=O)[O-])c1. The first-order valence-electron chi connectivity index (χ1n) is 6.65. The van der Waals surface area contributed by atoms with Crippen LogP contribution in [0.4, 0.5) is 17.1 Å². The van der Waals surface area contributed by atoms with Crippen molar-refractivity contribution in [3.8, 4) is 0 Å². The third-order valence-corrected chi connectivity index (χ3v) is 2.91. The van der Waals surface area contributed by atoms with Gasteiger partial charge in [-0.15, -0.1) is 0 Å². The Morgan fingerprint density at radius 1 is 1.30 bits per heavy atom. The molecule has 7 nitrogen and oxygen atoms in total. The highest BCUT2D eigenvalue weighted by Gasteiger charge is 2.22. The molecule has 20 heavy (non-hydrogen) atoms. The number of rotatable bonds is 7. The van der Waals surface area contributed by atoms with Gasteiger partial charge in [0.15, 0.2) is 0 Å². The number of anilines is 2. The molecule has 0 radical (unpaired) electrons. The van der Waals surface area contributed by atoms with E-state index in [1.54, 1.807) is 6.07 Å². The highest BCUT2D eigenvalue weighted by molar-refractivity contribution is 5.81. The lowest BCUT2D eigenvalue weighted by molar-refractivity contribution is -0.384. The Labute approximate surface area is 116 Å². The van der Waals surface area contributed by atoms with Crippen LogP contribution in [0.15, 0.2) is 18.2 Å². The Morgan fingerprint density at radius 3 is 2.50 bits per heavy atom. The molecule has 0 atom stereocenters. The van der Waals surface area contributed by atoms with E-state index in [1.165, 1.54) is 12.1 Å². The number of benzene rings is 1. The van der Waals surface area contributed by atoms with Crippen molar-refractivity contribution in [2.45, 2.75) is 25.8 Å². The van der Waals surface area contributed by atoms with Crippen LogP contribution >= 0.6 is 0 Å². The minimum Gasteiger partial charge on any atom is -0.385 e. The number of hydrogen-bond donors (Lipinski definition) is 3. The topological polar surface area (TPSA) is 96.3 Å². The first-order valence-corrected chi connectivity index (χ1v) is 6.65. The first kappa shape index (κ1) is 14.1. The van der Waals surface area contributed by atoms with Gasteiger partial charge < -0.3 is 16.0 Å². The van der Waals surface area contributed by atoms with Gasteiger partial charge in [-0.3, -0.25) is 14.9 Å². The number of non-ortho nitro benzene ring substituents is 1. The van der Waals surface area contributed by atoms with Crippen LogP contribution in [-0.2, 0) is 4.79 Å². The van der Waals surface area contributed by atoms with E-state index in [2.05, 4.69) is 16.0 Å². The van der Waals surface area contributed by atoms with E-state index < -0.39 is 4.92 Å². The lowest BCUT2D eigenvalue weighted by atomic mass is 10.2. The molecular weight excluding hydrogens is 260 g/mol. The van der Waals surface area contributed by atoms with E-state index in [1.807, 2.05) is 6.92 Å². The summed E-state index contributed by atoms with van der Waals surface area (Å²) in [4.78, 5) is 22.0. The minimum absolute atomic E-state index is 0.00597. The molecule has 3 N–H and O–H groups in total. The van der Waals surface area contributed by atoms with Crippen LogP contribution < -0.4 is 16.0 Å². The number of nitro benzene ring substituents is 1. The van der Waals surface area contributed by atoms with Crippen LogP contribution in [-0.4, -0.2) is 30.0 Å². The fourth-order valence-corrected chi connectivity index (χ4v) is 1.81. The summed E-state index contributed by atoms with van der Waals surface area (Å²) in [6.07, 6.45) is 2.07. The van der Waals surface area contributed by atoms with Crippen LogP contribution in [0.2, 0.25) is 0 Å². The molecule has 1 aromatic rings. The number of nitrogens with zero attached hydrogens (tertiary/aromatic N) is 1. The van der Waals surface area contributed by atoms with Gasteiger partial charge in [-0.05, 0) is 25.8 Å². The number of nitro groups is 1. The van der Waals surface area contributed by atoms with Crippen molar-refractivity contribution in [3.63, 3.8) is 0 Å². The van der Waals surface area contributed by atoms with Gasteiger partial charge >= 0.3 is 0 Å². The van der Waals surface area contributed by atoms with Gasteiger partial charge in [0.2, 0.25) is 5.91 Å². The van der Waals surface area contributed by atoms with Crippen LogP contribution in [0, 0.1) is 10.1 Å². The predicted molar refractivity (Wildman–Crippen MR) is 76.9 cm³/mol. The molecule has 0 aliphatic heterocycles. The Balaban J connectivity index is 2.00. The molecule has 1 fully saturated rings. The van der Waals surface area contributed by atoms with Crippen LogP contribution in [0.1, 0.15) is 19.8 Å². The molecule has 1 aliphatic rings. The van der Waals surface area contributed by atoms with Crippen LogP contribution in [0.5, 0.6) is 0 Å². The van der Waals surface area contributed by atoms with Crippen molar-refractivity contribution in [3.05, 3.63) is 28.3 Å². The number of hydrogen-bond acceptors (Lipinski definition) is 5. The van der Waals surface area contributed by atoms with E-state index >= 15 is 0 Å². The Hall–Kier alpha value is -2.31. The van der Waals surface area contributed by atoms with Crippen molar-refractivity contribution >= 4 is 23.0 Å². The van der Waals surface area contributed by atoms with Crippen LogP contribution in [0.25, 0.3) is 0 Å². The molecule has 1 amide bonds. The van der Waals surface area contributed by atoms with Gasteiger partial charge in [-0.25, -0.2) is 0 Å². The molecule has 108 valence electrons. The zero-order valence-electron chi connectivity index (χ0n) is 11.3. The van der Waals surface area contributed by atoms with Gasteiger partial charge in [0.05, 0.1) is 11.5 Å². The number of carbonyl (C=O) groups is 1. The predicted octanol–water partition coefficient (Wildman–Crippen LogP) is 1.72. The Bertz CT molecular complexity index is 514. The quantitative estimate of drug-likeness (QED) is 0.521. The third kappa shape index (κ3) is 4.11. The molecule has 7 heteroatoms. The zero-order valence-corrected chi connectivity index (χ0v) is 11.3. The molecule has 0 saturated heterocycles. The molecule has 1 saturated carbocycles. The zero-order chi connectivity index (χ0) is 14.5. The second-order valence-corrected chi connectivity index (χ2v) is 4.75. The van der Waals surface area contributed by atoms with Crippen molar-refractivity contribution in [2.75, 3.05) is 23.7 Å². The highest BCUT2D eigenvalue weighted by Crippen LogP contribution is 2.24. The number of carbonyl (C=O) groups excluding carboxylic acids is 1. The van der Waals surface area contributed by atoms with Gasteiger partial charge in [-0.1, -0.05) is 0 Å². The maximum atomic E-state index is 11.6. The minimum atomic E-state index is -0.448. The maximum Gasteiger partial charge on any atom is 0.273 e. The lowest BCUT2D eigenvalue weighted by Gasteiger charge is -2.09. The maximum absolute atomic E-state index is 11.6. The summed E-state index contributed by atoms with van der Waals surface area (Å²) in [7, 11) is 0. The number of amides is 1. The van der Waals surface area contributed by atoms with Gasteiger partial charge in [-0.2, -0.15) is 0 Å².